The molecule has 1 aromatic heterocycles. The number of rotatable bonds is 5. The van der Waals surface area contributed by atoms with E-state index in [2.05, 4.69) is 4.99 Å². The van der Waals surface area contributed by atoms with Crippen molar-refractivity contribution in [3.8, 4) is 0 Å². The van der Waals surface area contributed by atoms with Crippen molar-refractivity contribution in [3.05, 3.63) is 65.0 Å². The molecule has 10 heteroatoms. The van der Waals surface area contributed by atoms with Crippen LogP contribution in [0, 0.1) is 0 Å². The summed E-state index contributed by atoms with van der Waals surface area (Å²) < 4.78 is 29.9. The molecule has 29 heavy (non-hydrogen) atoms. The number of ether oxygens (including phenoxy) is 1. The third kappa shape index (κ3) is 5.05. The van der Waals surface area contributed by atoms with Crippen LogP contribution in [0.4, 0.5) is 0 Å². The molecule has 3 aromatic rings. The average molecular weight is 431 g/mol. The molecule has 0 saturated heterocycles. The first-order valence-electron chi connectivity index (χ1n) is 8.33. The number of sulfonamides is 1. The summed E-state index contributed by atoms with van der Waals surface area (Å²) in [7, 11) is -2.64. The number of esters is 1. The number of benzene rings is 2. The summed E-state index contributed by atoms with van der Waals surface area (Å²) in [6, 6.07) is 13.5. The van der Waals surface area contributed by atoms with Crippen LogP contribution in [0.2, 0.25) is 0 Å². The number of amides is 1. The Balaban J connectivity index is 2.07. The molecule has 1 heterocycles. The lowest BCUT2D eigenvalue weighted by Crippen LogP contribution is -2.22. The average Bonchev–Trinajstić information content (AvgIpc) is 3.02. The second-order valence-corrected chi connectivity index (χ2v) is 8.49. The molecule has 0 aliphatic rings. The van der Waals surface area contributed by atoms with Crippen molar-refractivity contribution in [3.63, 3.8) is 0 Å². The summed E-state index contributed by atoms with van der Waals surface area (Å²) >= 11 is 1.07. The Morgan fingerprint density at radius 1 is 1.21 bits per heavy atom. The predicted octanol–water partition coefficient (Wildman–Crippen LogP) is 1.66. The first-order valence-corrected chi connectivity index (χ1v) is 10.7. The fourth-order valence-corrected chi connectivity index (χ4v) is 4.21. The third-order valence-corrected chi connectivity index (χ3v) is 5.87. The molecule has 8 nitrogen and oxygen atoms in total. The van der Waals surface area contributed by atoms with Crippen LogP contribution in [0.15, 0.2) is 64.5 Å². The standard InChI is InChI=1S/C19H17N3O5S2/c1-27-18(24)12-22-15-9-8-14(29(20,25)26)11-16(15)28-19(22)21-17(23)10-7-13-5-3-2-4-6-13/h2-11H,12H2,1H3,(H2,20,25,26)/b10-7+,21-19?. The van der Waals surface area contributed by atoms with Gasteiger partial charge in [-0.05, 0) is 29.8 Å². The monoisotopic (exact) mass is 431 g/mol. The minimum atomic E-state index is -3.89. The van der Waals surface area contributed by atoms with Crippen LogP contribution in [-0.4, -0.2) is 32.0 Å². The smallest absolute Gasteiger partial charge is 0.325 e. The lowest BCUT2D eigenvalue weighted by Gasteiger charge is -2.04. The number of methoxy groups -OCH3 is 1. The van der Waals surface area contributed by atoms with Crippen LogP contribution in [0.25, 0.3) is 16.3 Å². The van der Waals surface area contributed by atoms with Crippen molar-refractivity contribution >= 4 is 49.5 Å². The highest BCUT2D eigenvalue weighted by Crippen LogP contribution is 2.21. The van der Waals surface area contributed by atoms with Gasteiger partial charge in [-0.3, -0.25) is 9.59 Å². The van der Waals surface area contributed by atoms with Gasteiger partial charge in [0.1, 0.15) is 6.54 Å². The maximum Gasteiger partial charge on any atom is 0.325 e. The van der Waals surface area contributed by atoms with Gasteiger partial charge in [0, 0.05) is 6.08 Å². The van der Waals surface area contributed by atoms with E-state index in [4.69, 9.17) is 9.88 Å². The molecule has 150 valence electrons. The van der Waals surface area contributed by atoms with Crippen molar-refractivity contribution in [1.82, 2.24) is 4.57 Å². The van der Waals surface area contributed by atoms with Gasteiger partial charge in [-0.1, -0.05) is 41.7 Å². The molecule has 3 rings (SSSR count). The molecule has 0 saturated carbocycles. The predicted molar refractivity (Wildman–Crippen MR) is 109 cm³/mol. The van der Waals surface area contributed by atoms with Gasteiger partial charge in [0.05, 0.1) is 22.2 Å². The van der Waals surface area contributed by atoms with Gasteiger partial charge in [-0.15, -0.1) is 0 Å². The van der Waals surface area contributed by atoms with Crippen LogP contribution in [0.1, 0.15) is 5.56 Å². The molecule has 2 N–H and O–H groups in total. The molecular formula is C19H17N3O5S2. The molecule has 0 atom stereocenters. The van der Waals surface area contributed by atoms with Crippen LogP contribution in [0.3, 0.4) is 0 Å². The summed E-state index contributed by atoms with van der Waals surface area (Å²) in [4.78, 5) is 28.3. The molecule has 0 spiro atoms. The Bertz CT molecular complexity index is 1270. The van der Waals surface area contributed by atoms with E-state index in [1.54, 1.807) is 6.08 Å². The van der Waals surface area contributed by atoms with E-state index in [9.17, 15) is 18.0 Å². The van der Waals surface area contributed by atoms with E-state index < -0.39 is 21.9 Å². The summed E-state index contributed by atoms with van der Waals surface area (Å²) in [5.41, 5.74) is 1.37. The summed E-state index contributed by atoms with van der Waals surface area (Å²) in [5.74, 6) is -1.06. The Morgan fingerprint density at radius 3 is 2.59 bits per heavy atom. The quantitative estimate of drug-likeness (QED) is 0.486. The minimum absolute atomic E-state index is 0.0710. The third-order valence-electron chi connectivity index (χ3n) is 3.92. The second-order valence-electron chi connectivity index (χ2n) is 5.92. The van der Waals surface area contributed by atoms with Gasteiger partial charge in [-0.2, -0.15) is 4.99 Å². The largest absolute Gasteiger partial charge is 0.468 e. The Kier molecular flexibility index (Phi) is 6.06. The number of thiazole rings is 1. The highest BCUT2D eigenvalue weighted by Gasteiger charge is 2.15. The molecule has 0 bridgehead atoms. The van der Waals surface area contributed by atoms with Crippen molar-refractivity contribution in [2.75, 3.05) is 7.11 Å². The van der Waals surface area contributed by atoms with E-state index in [-0.39, 0.29) is 16.2 Å². The number of carbonyl (C=O) groups is 2. The number of nitrogens with two attached hydrogens (primary N) is 1. The summed E-state index contributed by atoms with van der Waals surface area (Å²) in [6.07, 6.45) is 2.95. The maximum atomic E-state index is 12.3. The first kappa shape index (κ1) is 20.6. The van der Waals surface area contributed by atoms with E-state index in [1.165, 1.54) is 36.0 Å². The number of fused-ring (bicyclic) bond motifs is 1. The highest BCUT2D eigenvalue weighted by molar-refractivity contribution is 7.89. The normalized spacial score (nSPS) is 12.6. The lowest BCUT2D eigenvalue weighted by atomic mass is 10.2. The van der Waals surface area contributed by atoms with E-state index in [1.807, 2.05) is 30.3 Å². The summed E-state index contributed by atoms with van der Waals surface area (Å²) in [5, 5.41) is 5.18. The molecule has 2 aromatic carbocycles. The van der Waals surface area contributed by atoms with Crippen molar-refractivity contribution in [2.24, 2.45) is 10.1 Å². The molecule has 0 aliphatic heterocycles. The molecular weight excluding hydrogens is 414 g/mol. The van der Waals surface area contributed by atoms with Gasteiger partial charge in [0.15, 0.2) is 4.80 Å². The lowest BCUT2D eigenvalue weighted by molar-refractivity contribution is -0.141. The SMILES string of the molecule is COC(=O)Cn1c(=NC(=O)/C=C/c2ccccc2)sc2cc(S(N)(=O)=O)ccc21. The Labute approximate surface area is 170 Å². The maximum absolute atomic E-state index is 12.3. The molecule has 0 radical (unpaired) electrons. The Morgan fingerprint density at radius 2 is 1.93 bits per heavy atom. The van der Waals surface area contributed by atoms with Gasteiger partial charge >= 0.3 is 5.97 Å². The minimum Gasteiger partial charge on any atom is -0.468 e. The van der Waals surface area contributed by atoms with E-state index in [0.29, 0.717) is 10.2 Å². The number of primary sulfonamides is 1. The van der Waals surface area contributed by atoms with Crippen LogP contribution < -0.4 is 9.94 Å². The van der Waals surface area contributed by atoms with Crippen LogP contribution in [-0.2, 0) is 30.9 Å². The number of aromatic nitrogens is 1. The van der Waals surface area contributed by atoms with Crippen molar-refractivity contribution < 1.29 is 22.7 Å². The van der Waals surface area contributed by atoms with Crippen LogP contribution in [0.5, 0.6) is 0 Å². The number of hydrogen-bond donors (Lipinski definition) is 1. The summed E-state index contributed by atoms with van der Waals surface area (Å²) in [6.45, 7) is -0.181. The fraction of sp³-hybridized carbons (Fsp3) is 0.105. The zero-order valence-corrected chi connectivity index (χ0v) is 16.9. The molecule has 1 amide bonds. The zero-order chi connectivity index (χ0) is 21.0. The van der Waals surface area contributed by atoms with Gasteiger partial charge in [0.25, 0.3) is 5.91 Å². The van der Waals surface area contributed by atoms with Crippen LogP contribution >= 0.6 is 11.3 Å². The van der Waals surface area contributed by atoms with Crippen molar-refractivity contribution in [1.29, 1.82) is 0 Å². The highest BCUT2D eigenvalue weighted by atomic mass is 32.2. The molecule has 0 unspecified atom stereocenters. The second kappa shape index (κ2) is 8.52. The number of nitrogens with zero attached hydrogens (tertiary/aromatic N) is 2. The zero-order valence-electron chi connectivity index (χ0n) is 15.3. The molecule has 0 fully saturated rings. The topological polar surface area (TPSA) is 121 Å². The van der Waals surface area contributed by atoms with Gasteiger partial charge in [-0.25, -0.2) is 13.6 Å². The van der Waals surface area contributed by atoms with E-state index >= 15 is 0 Å². The number of hydrogen-bond acceptors (Lipinski definition) is 6. The van der Waals surface area contributed by atoms with Gasteiger partial charge < -0.3 is 9.30 Å². The van der Waals surface area contributed by atoms with E-state index in [0.717, 1.165) is 16.9 Å². The first-order chi connectivity index (χ1) is 13.8. The fourth-order valence-electron chi connectivity index (χ4n) is 2.53. The van der Waals surface area contributed by atoms with Crippen molar-refractivity contribution in [2.45, 2.75) is 11.4 Å². The Hall–Kier alpha value is -3.08. The van der Waals surface area contributed by atoms with Gasteiger partial charge in [0.2, 0.25) is 10.0 Å². The molecule has 0 aliphatic carbocycles. The number of carbonyl (C=O) groups excluding carboxylic acids is 2.